The number of benzene rings is 1. The number of morpholine rings is 1. The molecule has 3 amide bonds. The summed E-state index contributed by atoms with van der Waals surface area (Å²) in [5.41, 5.74) is 0.605. The maximum absolute atomic E-state index is 13.2. The molecule has 3 saturated heterocycles. The van der Waals surface area contributed by atoms with E-state index in [0.717, 1.165) is 39.3 Å². The van der Waals surface area contributed by atoms with Crippen LogP contribution in [0.2, 0.25) is 0 Å². The number of hydrogen-bond donors (Lipinski definition) is 3. The highest BCUT2D eigenvalue weighted by molar-refractivity contribution is 5.89. The Hall–Kier alpha value is -2.44. The second-order valence-corrected chi connectivity index (χ2v) is 9.81. The van der Waals surface area contributed by atoms with E-state index in [9.17, 15) is 14.7 Å². The minimum absolute atomic E-state index is 0.0276. The molecular weight excluding hydrogens is 480 g/mol. The van der Waals surface area contributed by atoms with E-state index >= 15 is 0 Å². The molecule has 37 heavy (non-hydrogen) atoms. The highest BCUT2D eigenvalue weighted by Gasteiger charge is 2.40. The molecule has 3 fully saturated rings. The number of carbonyl (C=O) groups excluding carboxylic acids is 2. The quantitative estimate of drug-likeness (QED) is 0.435. The number of methoxy groups -OCH3 is 1. The fourth-order valence-electron chi connectivity index (χ4n) is 5.10. The first-order valence-corrected chi connectivity index (χ1v) is 13.2. The van der Waals surface area contributed by atoms with Gasteiger partial charge in [-0.15, -0.1) is 0 Å². The van der Waals surface area contributed by atoms with E-state index in [2.05, 4.69) is 15.5 Å². The van der Waals surface area contributed by atoms with Crippen molar-refractivity contribution in [3.63, 3.8) is 0 Å². The highest BCUT2D eigenvalue weighted by atomic mass is 16.5. The highest BCUT2D eigenvalue weighted by Crippen LogP contribution is 2.28. The summed E-state index contributed by atoms with van der Waals surface area (Å²) in [5, 5.41) is 16.3. The third-order valence-corrected chi connectivity index (χ3v) is 7.05. The molecule has 206 valence electrons. The van der Waals surface area contributed by atoms with E-state index < -0.39 is 6.10 Å². The van der Waals surface area contributed by atoms with Gasteiger partial charge >= 0.3 is 6.03 Å². The lowest BCUT2D eigenvalue weighted by Crippen LogP contribution is -2.58. The Bertz CT molecular complexity index is 882. The van der Waals surface area contributed by atoms with Crippen LogP contribution in [0.25, 0.3) is 0 Å². The fourth-order valence-corrected chi connectivity index (χ4v) is 5.10. The summed E-state index contributed by atoms with van der Waals surface area (Å²) in [6.07, 6.45) is 1.06. The molecule has 0 unspecified atom stereocenters. The third-order valence-electron chi connectivity index (χ3n) is 7.05. The summed E-state index contributed by atoms with van der Waals surface area (Å²) in [7, 11) is 1.57. The zero-order valence-electron chi connectivity index (χ0n) is 21.6. The van der Waals surface area contributed by atoms with Crippen LogP contribution in [-0.2, 0) is 19.0 Å². The number of nitrogens with zero attached hydrogens (tertiary/aromatic N) is 2. The van der Waals surface area contributed by atoms with Gasteiger partial charge in [-0.05, 0) is 37.9 Å². The maximum Gasteiger partial charge on any atom is 0.322 e. The van der Waals surface area contributed by atoms with Crippen molar-refractivity contribution in [3.8, 4) is 5.75 Å². The molecule has 11 heteroatoms. The van der Waals surface area contributed by atoms with E-state index in [0.29, 0.717) is 30.8 Å². The number of anilines is 1. The number of urea groups is 1. The molecule has 11 nitrogen and oxygen atoms in total. The topological polar surface area (TPSA) is 122 Å². The number of fused-ring (bicyclic) bond motifs is 1. The van der Waals surface area contributed by atoms with Crippen molar-refractivity contribution in [2.75, 3.05) is 71.6 Å². The van der Waals surface area contributed by atoms with Crippen molar-refractivity contribution in [1.29, 1.82) is 0 Å². The molecule has 3 heterocycles. The van der Waals surface area contributed by atoms with Gasteiger partial charge in [0, 0.05) is 31.4 Å². The molecule has 0 aromatic heterocycles. The molecule has 3 aliphatic rings. The molecule has 1 aromatic carbocycles. The molecule has 0 spiro atoms. The van der Waals surface area contributed by atoms with Gasteiger partial charge < -0.3 is 39.6 Å². The zero-order valence-corrected chi connectivity index (χ0v) is 21.6. The summed E-state index contributed by atoms with van der Waals surface area (Å²) in [5.74, 6) is 0.611. The van der Waals surface area contributed by atoms with Gasteiger partial charge in [0.2, 0.25) is 5.91 Å². The minimum Gasteiger partial charge on any atom is -0.497 e. The van der Waals surface area contributed by atoms with Gasteiger partial charge in [-0.2, -0.15) is 0 Å². The van der Waals surface area contributed by atoms with E-state index in [-0.39, 0.29) is 56.4 Å². The second kappa shape index (κ2) is 13.9. The van der Waals surface area contributed by atoms with Gasteiger partial charge in [0.15, 0.2) is 0 Å². The first-order chi connectivity index (χ1) is 18.0. The van der Waals surface area contributed by atoms with Crippen molar-refractivity contribution >= 4 is 17.6 Å². The Morgan fingerprint density at radius 2 is 2.00 bits per heavy atom. The first kappa shape index (κ1) is 27.6. The van der Waals surface area contributed by atoms with Crippen LogP contribution in [0.15, 0.2) is 24.3 Å². The summed E-state index contributed by atoms with van der Waals surface area (Å²) in [4.78, 5) is 29.8. The zero-order chi connectivity index (χ0) is 26.0. The Morgan fingerprint density at radius 1 is 1.16 bits per heavy atom. The van der Waals surface area contributed by atoms with Crippen LogP contribution in [0.5, 0.6) is 5.75 Å². The Kier molecular flexibility index (Phi) is 10.4. The lowest BCUT2D eigenvalue weighted by atomic mass is 9.95. The van der Waals surface area contributed by atoms with Crippen molar-refractivity contribution < 1.29 is 33.6 Å². The lowest BCUT2D eigenvalue weighted by Gasteiger charge is -2.44. The molecule has 4 rings (SSSR count). The Balaban J connectivity index is 1.27. The number of rotatable bonds is 8. The van der Waals surface area contributed by atoms with Crippen LogP contribution >= 0.6 is 0 Å². The smallest absolute Gasteiger partial charge is 0.322 e. The molecule has 0 saturated carbocycles. The van der Waals surface area contributed by atoms with Crippen LogP contribution in [0.4, 0.5) is 10.5 Å². The number of carbonyl (C=O) groups is 2. The van der Waals surface area contributed by atoms with Crippen molar-refractivity contribution in [2.45, 2.75) is 50.0 Å². The molecule has 0 bridgehead atoms. The molecule has 1 aromatic rings. The van der Waals surface area contributed by atoms with E-state index in [1.165, 1.54) is 0 Å². The minimum atomic E-state index is -0.794. The van der Waals surface area contributed by atoms with Gasteiger partial charge in [-0.1, -0.05) is 6.07 Å². The lowest BCUT2D eigenvalue weighted by molar-refractivity contribution is -0.149. The first-order valence-electron chi connectivity index (χ1n) is 13.2. The maximum atomic E-state index is 13.2. The molecule has 3 N–H and O–H groups in total. The SMILES string of the molecule is COc1cccc(NC(=O)N2C[C@H](O)COC[C@H]3O[C@H](CC(=O)NCCCN4CCOCC4)CC[C@@H]32)c1. The van der Waals surface area contributed by atoms with Gasteiger partial charge in [-0.25, -0.2) is 4.79 Å². The van der Waals surface area contributed by atoms with Crippen LogP contribution in [0.3, 0.4) is 0 Å². The molecule has 0 aliphatic carbocycles. The van der Waals surface area contributed by atoms with E-state index in [4.69, 9.17) is 18.9 Å². The number of ether oxygens (including phenoxy) is 4. The number of amides is 3. The number of aliphatic hydroxyl groups is 1. The number of β-amino-alcohol motifs (C(OH)–C–C–N with tert-alkyl or cyclic N) is 1. The number of nitrogens with one attached hydrogen (secondary N) is 2. The van der Waals surface area contributed by atoms with Crippen LogP contribution in [0.1, 0.15) is 25.7 Å². The predicted octanol–water partition coefficient (Wildman–Crippen LogP) is 1.07. The molecule has 0 radical (unpaired) electrons. The monoisotopic (exact) mass is 520 g/mol. The van der Waals surface area contributed by atoms with Crippen molar-refractivity contribution in [1.82, 2.24) is 15.1 Å². The van der Waals surface area contributed by atoms with E-state index in [1.54, 1.807) is 36.3 Å². The predicted molar refractivity (Wildman–Crippen MR) is 137 cm³/mol. The normalized spacial score (nSPS) is 26.9. The van der Waals surface area contributed by atoms with Gasteiger partial charge in [0.25, 0.3) is 0 Å². The largest absolute Gasteiger partial charge is 0.497 e. The standard InChI is InChI=1S/C26H40N4O7/c1-34-21-5-2-4-19(14-21)28-26(33)30-16-20(31)17-36-18-24-23(30)7-6-22(37-24)15-25(32)27-8-3-9-29-10-12-35-13-11-29/h2,4-5,14,20,22-24,31H,3,6-13,15-18H2,1H3,(H,27,32)(H,28,33)/t20-,22-,23-,24+/m0/s1. The Labute approximate surface area is 218 Å². The average Bonchev–Trinajstić information content (AvgIpc) is 2.90. The second-order valence-electron chi connectivity index (χ2n) is 9.81. The number of hydrogen-bond acceptors (Lipinski definition) is 8. The van der Waals surface area contributed by atoms with E-state index in [1.807, 2.05) is 0 Å². The van der Waals surface area contributed by atoms with Gasteiger partial charge in [-0.3, -0.25) is 9.69 Å². The van der Waals surface area contributed by atoms with Crippen LogP contribution in [0, 0.1) is 0 Å². The summed E-state index contributed by atoms with van der Waals surface area (Å²) >= 11 is 0. The van der Waals surface area contributed by atoms with Gasteiger partial charge in [0.1, 0.15) is 11.9 Å². The van der Waals surface area contributed by atoms with Crippen molar-refractivity contribution in [2.24, 2.45) is 0 Å². The van der Waals surface area contributed by atoms with Crippen LogP contribution in [-0.4, -0.2) is 117 Å². The number of aliphatic hydroxyl groups excluding tert-OH is 1. The fraction of sp³-hybridized carbons (Fsp3) is 0.692. The van der Waals surface area contributed by atoms with Gasteiger partial charge in [0.05, 0.1) is 64.8 Å². The summed E-state index contributed by atoms with van der Waals surface area (Å²) in [6.45, 7) is 5.52. The Morgan fingerprint density at radius 3 is 2.81 bits per heavy atom. The molecule has 3 aliphatic heterocycles. The van der Waals surface area contributed by atoms with Crippen molar-refractivity contribution in [3.05, 3.63) is 24.3 Å². The third kappa shape index (κ3) is 8.27. The average molecular weight is 521 g/mol. The van der Waals surface area contributed by atoms with Crippen LogP contribution < -0.4 is 15.4 Å². The molecular formula is C26H40N4O7. The summed E-state index contributed by atoms with van der Waals surface area (Å²) in [6, 6.07) is 6.55. The molecule has 4 atom stereocenters. The summed E-state index contributed by atoms with van der Waals surface area (Å²) < 4.78 is 22.5.